The van der Waals surface area contributed by atoms with Gasteiger partial charge in [0.1, 0.15) is 18.4 Å². The van der Waals surface area contributed by atoms with Gasteiger partial charge in [-0.15, -0.1) is 0 Å². The van der Waals surface area contributed by atoms with E-state index in [0.717, 1.165) is 23.5 Å². The van der Waals surface area contributed by atoms with E-state index in [1.165, 1.54) is 11.1 Å². The van der Waals surface area contributed by atoms with Crippen molar-refractivity contribution in [2.45, 2.75) is 25.9 Å². The van der Waals surface area contributed by atoms with E-state index in [2.05, 4.69) is 53.5 Å². The van der Waals surface area contributed by atoms with Crippen molar-refractivity contribution in [2.24, 2.45) is 0 Å². The molecule has 0 spiro atoms. The number of anilines is 2. The number of aliphatic carboxylic acids is 1. The number of rotatable bonds is 14. The Bertz CT molecular complexity index is 1650. The highest BCUT2D eigenvalue weighted by atomic mass is 16.5. The number of carbonyl (C=O) groups excluding carboxylic acids is 1. The summed E-state index contributed by atoms with van der Waals surface area (Å²) < 4.78 is 6.10. The zero-order chi connectivity index (χ0) is 30.7. The maximum absolute atomic E-state index is 13.1. The van der Waals surface area contributed by atoms with E-state index in [-0.39, 0.29) is 12.2 Å². The van der Waals surface area contributed by atoms with Gasteiger partial charge in [0.05, 0.1) is 6.54 Å². The van der Waals surface area contributed by atoms with Gasteiger partial charge in [0.15, 0.2) is 5.78 Å². The minimum Gasteiger partial charge on any atom is -0.492 e. The van der Waals surface area contributed by atoms with Crippen LogP contribution in [0.5, 0.6) is 5.75 Å². The lowest BCUT2D eigenvalue weighted by Gasteiger charge is -2.25. The number of nitrogens with one attached hydrogen (secondary N) is 1. The van der Waals surface area contributed by atoms with Gasteiger partial charge in [-0.3, -0.25) is 4.79 Å². The lowest BCUT2D eigenvalue weighted by molar-refractivity contribution is -0.137. The van der Waals surface area contributed by atoms with Gasteiger partial charge in [0.2, 0.25) is 0 Å². The molecule has 0 aromatic heterocycles. The van der Waals surface area contributed by atoms with Crippen molar-refractivity contribution in [1.29, 1.82) is 0 Å². The molecule has 6 heteroatoms. The number of nitrogens with zero attached hydrogens (tertiary/aromatic N) is 1. The van der Waals surface area contributed by atoms with E-state index in [4.69, 9.17) is 4.74 Å². The van der Waals surface area contributed by atoms with Crippen LogP contribution in [0, 0.1) is 6.92 Å². The topological polar surface area (TPSA) is 78.9 Å². The molecule has 6 nitrogen and oxygen atoms in total. The molecule has 0 amide bonds. The number of carboxylic acids is 1. The largest absolute Gasteiger partial charge is 0.492 e. The van der Waals surface area contributed by atoms with Gasteiger partial charge in [-0.1, -0.05) is 103 Å². The molecular weight excluding hydrogens is 548 g/mol. The number of carboxylic acid groups (broad SMARTS) is 1. The molecule has 0 fully saturated rings. The van der Waals surface area contributed by atoms with Crippen LogP contribution in [0.1, 0.15) is 32.6 Å². The third-order valence-corrected chi connectivity index (χ3v) is 7.44. The van der Waals surface area contributed by atoms with Gasteiger partial charge in [-0.2, -0.15) is 0 Å². The van der Waals surface area contributed by atoms with Crippen molar-refractivity contribution in [2.75, 3.05) is 23.4 Å². The smallest absolute Gasteiger partial charge is 0.326 e. The van der Waals surface area contributed by atoms with Gasteiger partial charge >= 0.3 is 5.97 Å². The fourth-order valence-corrected chi connectivity index (χ4v) is 5.03. The Morgan fingerprint density at radius 2 is 1.39 bits per heavy atom. The molecule has 2 N–H and O–H groups in total. The summed E-state index contributed by atoms with van der Waals surface area (Å²) in [6.45, 7) is 4.05. The molecule has 5 aromatic rings. The third kappa shape index (κ3) is 8.13. The molecule has 0 radical (unpaired) electrons. The number of benzene rings is 5. The number of hydrogen-bond acceptors (Lipinski definition) is 5. The predicted molar refractivity (Wildman–Crippen MR) is 176 cm³/mol. The predicted octanol–water partition coefficient (Wildman–Crippen LogP) is 7.42. The highest BCUT2D eigenvalue weighted by molar-refractivity contribution is 6.12. The van der Waals surface area contributed by atoms with Gasteiger partial charge in [0.25, 0.3) is 0 Å². The van der Waals surface area contributed by atoms with Crippen LogP contribution in [-0.4, -0.2) is 36.1 Å². The normalized spacial score (nSPS) is 11.4. The van der Waals surface area contributed by atoms with Crippen molar-refractivity contribution in [3.05, 3.63) is 161 Å². The Labute approximate surface area is 258 Å². The van der Waals surface area contributed by atoms with E-state index in [1.54, 1.807) is 36.4 Å². The Kier molecular flexibility index (Phi) is 10.1. The van der Waals surface area contributed by atoms with E-state index in [0.29, 0.717) is 30.0 Å². The molecule has 5 rings (SSSR count). The number of carbonyl (C=O) groups is 2. The first-order valence-electron chi connectivity index (χ1n) is 14.7. The number of para-hydroxylation sites is 1. The summed E-state index contributed by atoms with van der Waals surface area (Å²) in [4.78, 5) is 27.6. The Hall–Kier alpha value is -5.36. The molecular formula is C38H36N2O4. The standard InChI is InChI=1S/C38H36N2O4/c1-28-16-20-32(21-17-28)40(27-30-10-4-2-5-11-30)24-25-44-33-22-18-29(19-23-33)26-36(38(42)43)39-35-15-9-8-14-34(35)37(41)31-12-6-3-7-13-31/h2-23,36,39H,24-27H2,1H3,(H,42,43)/t36-/m0/s1. The van der Waals surface area contributed by atoms with E-state index in [1.807, 2.05) is 60.7 Å². The summed E-state index contributed by atoms with van der Waals surface area (Å²) in [5.74, 6) is -0.443. The Morgan fingerprint density at radius 3 is 2.07 bits per heavy atom. The first kappa shape index (κ1) is 30.1. The van der Waals surface area contributed by atoms with E-state index in [9.17, 15) is 14.7 Å². The van der Waals surface area contributed by atoms with Crippen LogP contribution in [-0.2, 0) is 17.8 Å². The average molecular weight is 585 g/mol. The molecule has 0 saturated carbocycles. The highest BCUT2D eigenvalue weighted by Gasteiger charge is 2.21. The third-order valence-electron chi connectivity index (χ3n) is 7.44. The monoisotopic (exact) mass is 584 g/mol. The van der Waals surface area contributed by atoms with Crippen molar-refractivity contribution in [3.8, 4) is 5.75 Å². The zero-order valence-electron chi connectivity index (χ0n) is 24.7. The first-order chi connectivity index (χ1) is 21.5. The second-order valence-electron chi connectivity index (χ2n) is 10.7. The lowest BCUT2D eigenvalue weighted by Crippen LogP contribution is -2.32. The van der Waals surface area contributed by atoms with Gasteiger partial charge in [-0.05, 0) is 54.4 Å². The van der Waals surface area contributed by atoms with Crippen LogP contribution in [0.15, 0.2) is 133 Å². The van der Waals surface area contributed by atoms with Crippen LogP contribution in [0.4, 0.5) is 11.4 Å². The number of hydrogen-bond donors (Lipinski definition) is 2. The summed E-state index contributed by atoms with van der Waals surface area (Å²) in [6, 6.07) is 41.4. The first-order valence-corrected chi connectivity index (χ1v) is 14.7. The van der Waals surface area contributed by atoms with Crippen LogP contribution in [0.3, 0.4) is 0 Å². The number of ether oxygens (including phenoxy) is 1. The minimum atomic E-state index is -0.998. The van der Waals surface area contributed by atoms with Gasteiger partial charge in [-0.25, -0.2) is 4.79 Å². The Balaban J connectivity index is 1.21. The fourth-order valence-electron chi connectivity index (χ4n) is 5.03. The van der Waals surface area contributed by atoms with Crippen molar-refractivity contribution in [1.82, 2.24) is 0 Å². The molecule has 222 valence electrons. The molecule has 5 aromatic carbocycles. The lowest BCUT2D eigenvalue weighted by atomic mass is 10.00. The summed E-state index contributed by atoms with van der Waals surface area (Å²) >= 11 is 0. The van der Waals surface area contributed by atoms with Gasteiger partial charge < -0.3 is 20.1 Å². The zero-order valence-corrected chi connectivity index (χ0v) is 24.7. The number of aryl methyl sites for hydroxylation is 1. The summed E-state index contributed by atoms with van der Waals surface area (Å²) in [7, 11) is 0. The molecule has 0 heterocycles. The van der Waals surface area contributed by atoms with Crippen LogP contribution >= 0.6 is 0 Å². The maximum Gasteiger partial charge on any atom is 0.326 e. The van der Waals surface area contributed by atoms with Crippen molar-refractivity contribution < 1.29 is 19.4 Å². The van der Waals surface area contributed by atoms with E-state index < -0.39 is 12.0 Å². The molecule has 0 unspecified atom stereocenters. The maximum atomic E-state index is 13.1. The molecule has 1 atom stereocenters. The summed E-state index contributed by atoms with van der Waals surface area (Å²) in [5.41, 5.74) is 5.89. The molecule has 0 saturated heterocycles. The van der Waals surface area contributed by atoms with Crippen LogP contribution in [0.2, 0.25) is 0 Å². The van der Waals surface area contributed by atoms with Crippen LogP contribution in [0.25, 0.3) is 0 Å². The molecule has 44 heavy (non-hydrogen) atoms. The average Bonchev–Trinajstić information content (AvgIpc) is 3.06. The number of ketones is 1. The van der Waals surface area contributed by atoms with Gasteiger partial charge in [0, 0.05) is 35.5 Å². The second kappa shape index (κ2) is 14.7. The molecule has 0 aliphatic rings. The molecule has 0 bridgehead atoms. The summed E-state index contributed by atoms with van der Waals surface area (Å²) in [5, 5.41) is 13.1. The second-order valence-corrected chi connectivity index (χ2v) is 10.7. The quantitative estimate of drug-likeness (QED) is 0.132. The SMILES string of the molecule is Cc1ccc(N(CCOc2ccc(C[C@H](Nc3ccccc3C(=O)c3ccccc3)C(=O)O)cc2)Cc2ccccc2)cc1. The fraction of sp³-hybridized carbons (Fsp3) is 0.158. The summed E-state index contributed by atoms with van der Waals surface area (Å²) in [6.07, 6.45) is 0.238. The molecule has 0 aliphatic heterocycles. The van der Waals surface area contributed by atoms with E-state index >= 15 is 0 Å². The van der Waals surface area contributed by atoms with Crippen molar-refractivity contribution in [3.63, 3.8) is 0 Å². The molecule has 0 aliphatic carbocycles. The Morgan fingerprint density at radius 1 is 0.750 bits per heavy atom. The van der Waals surface area contributed by atoms with Crippen molar-refractivity contribution >= 4 is 23.1 Å². The highest BCUT2D eigenvalue weighted by Crippen LogP contribution is 2.23. The van der Waals surface area contributed by atoms with Crippen LogP contribution < -0.4 is 15.0 Å². The minimum absolute atomic E-state index is 0.163.